The van der Waals surface area contributed by atoms with Crippen LogP contribution in [0.25, 0.3) is 0 Å². The molecular weight excluding hydrogens is 366 g/mol. The number of ether oxygens (including phenoxy) is 1. The molecule has 1 aliphatic heterocycles. The van der Waals surface area contributed by atoms with Crippen LogP contribution in [0.2, 0.25) is 0 Å². The zero-order valence-electron chi connectivity index (χ0n) is 15.9. The Morgan fingerprint density at radius 1 is 1.03 bits per heavy atom. The van der Waals surface area contributed by atoms with Crippen LogP contribution in [0.1, 0.15) is 22.6 Å². The first-order chi connectivity index (χ1) is 14.2. The first-order valence-electron chi connectivity index (χ1n) is 9.50. The van der Waals surface area contributed by atoms with Crippen LogP contribution in [0.3, 0.4) is 0 Å². The fourth-order valence-electron chi connectivity index (χ4n) is 4.36. The Morgan fingerprint density at radius 2 is 1.76 bits per heavy atom. The van der Waals surface area contributed by atoms with E-state index in [1.807, 2.05) is 29.3 Å². The molecule has 2 unspecified atom stereocenters. The summed E-state index contributed by atoms with van der Waals surface area (Å²) in [6.07, 6.45) is 0.890. The van der Waals surface area contributed by atoms with Gasteiger partial charge in [-0.15, -0.1) is 0 Å². The zero-order chi connectivity index (χ0) is 20.0. The van der Waals surface area contributed by atoms with Crippen molar-refractivity contribution in [1.82, 2.24) is 0 Å². The lowest BCUT2D eigenvalue weighted by molar-refractivity contribution is -0.384. The molecule has 6 heteroatoms. The molecule has 0 spiro atoms. The van der Waals surface area contributed by atoms with E-state index >= 15 is 0 Å². The summed E-state index contributed by atoms with van der Waals surface area (Å²) >= 11 is 0. The summed E-state index contributed by atoms with van der Waals surface area (Å²) in [5.41, 5.74) is 5.65. The Kier molecular flexibility index (Phi) is 4.05. The molecule has 0 radical (unpaired) electrons. The third-order valence-electron chi connectivity index (χ3n) is 5.74. The number of nitro groups is 1. The van der Waals surface area contributed by atoms with Gasteiger partial charge in [-0.3, -0.25) is 15.1 Å². The third kappa shape index (κ3) is 2.84. The average molecular weight is 385 g/mol. The molecular formula is C23H19N3O3. The number of hydrogen-bond acceptors (Lipinski definition) is 5. The van der Waals surface area contributed by atoms with Crippen molar-refractivity contribution in [3.05, 3.63) is 99.6 Å². The molecule has 6 nitrogen and oxygen atoms in total. The molecule has 1 heterocycles. The summed E-state index contributed by atoms with van der Waals surface area (Å²) in [4.78, 5) is 10.6. The Hall–Kier alpha value is -3.67. The largest absolute Gasteiger partial charge is 0.497 e. The molecule has 0 amide bonds. The predicted octanol–water partition coefficient (Wildman–Crippen LogP) is 4.54. The quantitative estimate of drug-likeness (QED) is 0.489. The lowest BCUT2D eigenvalue weighted by atomic mass is 9.89. The van der Waals surface area contributed by atoms with Crippen LogP contribution < -0.4 is 9.75 Å². The number of fused-ring (bicyclic) bond motifs is 3. The molecule has 0 saturated heterocycles. The second-order valence-corrected chi connectivity index (χ2v) is 7.28. The fourth-order valence-corrected chi connectivity index (χ4v) is 4.36. The van der Waals surface area contributed by atoms with Gasteiger partial charge in [-0.1, -0.05) is 24.3 Å². The number of nitrogens with zero attached hydrogens (tertiary/aromatic N) is 3. The minimum Gasteiger partial charge on any atom is -0.497 e. The molecule has 1 aliphatic carbocycles. The molecule has 29 heavy (non-hydrogen) atoms. The van der Waals surface area contributed by atoms with Crippen LogP contribution in [0.5, 0.6) is 5.75 Å². The van der Waals surface area contributed by atoms with Crippen molar-refractivity contribution in [2.45, 2.75) is 18.4 Å². The highest BCUT2D eigenvalue weighted by Crippen LogP contribution is 2.45. The van der Waals surface area contributed by atoms with E-state index in [1.54, 1.807) is 19.2 Å². The first kappa shape index (κ1) is 17.4. The molecule has 5 rings (SSSR count). The second-order valence-electron chi connectivity index (χ2n) is 7.28. The van der Waals surface area contributed by atoms with Crippen LogP contribution in [-0.2, 0) is 6.42 Å². The van der Waals surface area contributed by atoms with E-state index in [-0.39, 0.29) is 22.6 Å². The SMILES string of the molecule is COc1ccc(C2=NN(c3ccc([N+](=O)[O-])cc3)C3Cc4ccccc4C23)cc1. The van der Waals surface area contributed by atoms with Crippen LogP contribution in [-0.4, -0.2) is 23.8 Å². The Bertz CT molecular complexity index is 1110. The summed E-state index contributed by atoms with van der Waals surface area (Å²) in [5, 5.41) is 18.0. The molecule has 0 bridgehead atoms. The maximum atomic E-state index is 11.0. The lowest BCUT2D eigenvalue weighted by Gasteiger charge is -2.23. The number of non-ortho nitro benzene ring substituents is 1. The number of methoxy groups -OCH3 is 1. The number of hydrogen-bond donors (Lipinski definition) is 0. The van der Waals surface area contributed by atoms with Gasteiger partial charge >= 0.3 is 0 Å². The number of anilines is 1. The van der Waals surface area contributed by atoms with Gasteiger partial charge in [-0.2, -0.15) is 5.10 Å². The van der Waals surface area contributed by atoms with Crippen LogP contribution >= 0.6 is 0 Å². The number of hydrazone groups is 1. The minimum absolute atomic E-state index is 0.0820. The average Bonchev–Trinajstić information content (AvgIpc) is 3.31. The number of benzene rings is 3. The fraction of sp³-hybridized carbons (Fsp3) is 0.174. The Labute approximate surface area is 168 Å². The van der Waals surface area contributed by atoms with Gasteiger partial charge in [-0.05, 0) is 59.5 Å². The van der Waals surface area contributed by atoms with Gasteiger partial charge in [-0.25, -0.2) is 0 Å². The van der Waals surface area contributed by atoms with E-state index in [2.05, 4.69) is 24.3 Å². The molecule has 144 valence electrons. The standard InChI is InChI=1S/C23H19N3O3/c1-29-19-12-6-15(7-13-19)23-22-20-5-3-2-4-16(20)14-21(22)25(24-23)17-8-10-18(11-9-17)26(27)28/h2-13,21-22H,14H2,1H3. The smallest absolute Gasteiger partial charge is 0.269 e. The van der Waals surface area contributed by atoms with Gasteiger partial charge < -0.3 is 4.74 Å². The Morgan fingerprint density at radius 3 is 2.45 bits per heavy atom. The molecule has 3 aromatic carbocycles. The highest BCUT2D eigenvalue weighted by molar-refractivity contribution is 6.08. The van der Waals surface area contributed by atoms with Crippen molar-refractivity contribution in [1.29, 1.82) is 0 Å². The molecule has 0 fully saturated rings. The van der Waals surface area contributed by atoms with Crippen molar-refractivity contribution < 1.29 is 9.66 Å². The maximum Gasteiger partial charge on any atom is 0.269 e. The normalized spacial score (nSPS) is 19.5. The van der Waals surface area contributed by atoms with Crippen LogP contribution in [0.4, 0.5) is 11.4 Å². The molecule has 3 aromatic rings. The Balaban J connectivity index is 1.59. The van der Waals surface area contributed by atoms with E-state index in [4.69, 9.17) is 9.84 Å². The van der Waals surface area contributed by atoms with Gasteiger partial charge in [0.25, 0.3) is 5.69 Å². The number of rotatable bonds is 4. The van der Waals surface area contributed by atoms with Gasteiger partial charge in [0, 0.05) is 12.1 Å². The van der Waals surface area contributed by atoms with E-state index < -0.39 is 0 Å². The summed E-state index contributed by atoms with van der Waals surface area (Å²) in [6, 6.07) is 23.2. The lowest BCUT2D eigenvalue weighted by Crippen LogP contribution is -2.29. The van der Waals surface area contributed by atoms with Crippen LogP contribution in [0, 0.1) is 10.1 Å². The van der Waals surface area contributed by atoms with E-state index in [9.17, 15) is 10.1 Å². The molecule has 0 N–H and O–H groups in total. The topological polar surface area (TPSA) is 68.0 Å². The van der Waals surface area contributed by atoms with Gasteiger partial charge in [0.1, 0.15) is 5.75 Å². The van der Waals surface area contributed by atoms with Crippen molar-refractivity contribution in [2.24, 2.45) is 5.10 Å². The summed E-state index contributed by atoms with van der Waals surface area (Å²) in [5.74, 6) is 0.970. The predicted molar refractivity (Wildman–Crippen MR) is 112 cm³/mol. The third-order valence-corrected chi connectivity index (χ3v) is 5.74. The van der Waals surface area contributed by atoms with E-state index in [0.717, 1.165) is 29.1 Å². The molecule has 2 atom stereocenters. The highest BCUT2D eigenvalue weighted by Gasteiger charge is 2.44. The van der Waals surface area contributed by atoms with Gasteiger partial charge in [0.2, 0.25) is 0 Å². The summed E-state index contributed by atoms with van der Waals surface area (Å²) < 4.78 is 5.29. The minimum atomic E-state index is -0.381. The number of nitro benzene ring substituents is 1. The monoisotopic (exact) mass is 385 g/mol. The molecule has 2 aliphatic rings. The van der Waals surface area contributed by atoms with Crippen molar-refractivity contribution >= 4 is 17.1 Å². The van der Waals surface area contributed by atoms with Crippen molar-refractivity contribution in [2.75, 3.05) is 12.1 Å². The van der Waals surface area contributed by atoms with Crippen LogP contribution in [0.15, 0.2) is 77.9 Å². The zero-order valence-corrected chi connectivity index (χ0v) is 15.9. The van der Waals surface area contributed by atoms with E-state index in [1.165, 1.54) is 23.3 Å². The van der Waals surface area contributed by atoms with E-state index in [0.29, 0.717) is 0 Å². The van der Waals surface area contributed by atoms with Gasteiger partial charge in [0.05, 0.1) is 35.4 Å². The maximum absolute atomic E-state index is 11.0. The van der Waals surface area contributed by atoms with Crippen molar-refractivity contribution in [3.63, 3.8) is 0 Å². The second kappa shape index (κ2) is 6.74. The summed E-state index contributed by atoms with van der Waals surface area (Å²) in [6.45, 7) is 0. The first-order valence-corrected chi connectivity index (χ1v) is 9.50. The van der Waals surface area contributed by atoms with Crippen molar-refractivity contribution in [3.8, 4) is 5.75 Å². The molecule has 0 saturated carbocycles. The molecule has 0 aromatic heterocycles. The highest BCUT2D eigenvalue weighted by atomic mass is 16.6. The summed E-state index contributed by atoms with van der Waals surface area (Å²) in [7, 11) is 1.65. The van der Waals surface area contributed by atoms with Gasteiger partial charge in [0.15, 0.2) is 0 Å².